The van der Waals surface area contributed by atoms with Gasteiger partial charge in [0.2, 0.25) is 10.0 Å². The Morgan fingerprint density at radius 3 is 2.65 bits per heavy atom. The predicted octanol–water partition coefficient (Wildman–Crippen LogP) is 1.17. The fraction of sp³-hybridized carbons (Fsp3) is 0.519. The Balaban J connectivity index is 1.25. The number of nitrogens with zero attached hydrogens (tertiary/aromatic N) is 3. The first-order chi connectivity index (χ1) is 17.7. The van der Waals surface area contributed by atoms with E-state index in [4.69, 9.17) is 4.74 Å². The van der Waals surface area contributed by atoms with Crippen molar-refractivity contribution in [3.05, 3.63) is 59.7 Å². The first-order valence-corrected chi connectivity index (χ1v) is 14.3. The van der Waals surface area contributed by atoms with Crippen LogP contribution in [-0.4, -0.2) is 99.6 Å². The highest BCUT2D eigenvalue weighted by Gasteiger charge is 2.29. The van der Waals surface area contributed by atoms with Gasteiger partial charge < -0.3 is 20.1 Å². The molecule has 0 spiro atoms. The Morgan fingerprint density at radius 1 is 1.16 bits per heavy atom. The number of carbonyl (C=O) groups is 1. The van der Waals surface area contributed by atoms with Crippen molar-refractivity contribution in [2.24, 2.45) is 5.92 Å². The van der Waals surface area contributed by atoms with Gasteiger partial charge in [-0.15, -0.1) is 0 Å². The van der Waals surface area contributed by atoms with Crippen molar-refractivity contribution in [2.45, 2.75) is 30.4 Å². The first-order valence-electron chi connectivity index (χ1n) is 12.8. The zero-order valence-corrected chi connectivity index (χ0v) is 22.5. The average molecular weight is 531 g/mol. The van der Waals surface area contributed by atoms with Crippen molar-refractivity contribution in [3.63, 3.8) is 0 Å². The minimum absolute atomic E-state index is 0.0436. The molecule has 2 aliphatic heterocycles. The van der Waals surface area contributed by atoms with Crippen molar-refractivity contribution < 1.29 is 23.1 Å². The van der Waals surface area contributed by atoms with Crippen LogP contribution in [0.1, 0.15) is 17.5 Å². The minimum Gasteiger partial charge on any atom is -0.482 e. The molecule has 1 fully saturated rings. The van der Waals surface area contributed by atoms with E-state index in [-0.39, 0.29) is 29.7 Å². The summed E-state index contributed by atoms with van der Waals surface area (Å²) in [6.45, 7) is 4.13. The molecule has 2 aromatic carbocycles. The van der Waals surface area contributed by atoms with Gasteiger partial charge in [0.25, 0.3) is 5.91 Å². The third-order valence-electron chi connectivity index (χ3n) is 7.11. The van der Waals surface area contributed by atoms with E-state index in [0.717, 1.165) is 39.0 Å². The van der Waals surface area contributed by atoms with Crippen LogP contribution < -0.4 is 10.1 Å². The zero-order chi connectivity index (χ0) is 26.4. The number of sulfonamides is 1. The highest BCUT2D eigenvalue weighted by Crippen LogP contribution is 2.27. The number of ether oxygens (including phenoxy) is 1. The Kier molecular flexibility index (Phi) is 9.20. The van der Waals surface area contributed by atoms with Crippen LogP contribution in [0.15, 0.2) is 53.4 Å². The smallest absolute Gasteiger partial charge is 0.258 e. The second-order valence-corrected chi connectivity index (χ2v) is 12.2. The molecule has 0 unspecified atom stereocenters. The molecule has 0 saturated carbocycles. The molecule has 2 aromatic rings. The fourth-order valence-electron chi connectivity index (χ4n) is 5.09. The average Bonchev–Trinajstić information content (AvgIpc) is 3.30. The van der Waals surface area contributed by atoms with Crippen LogP contribution in [0, 0.1) is 5.92 Å². The molecule has 1 amide bonds. The molecule has 0 aliphatic carbocycles. The Hall–Kier alpha value is -2.50. The van der Waals surface area contributed by atoms with Crippen molar-refractivity contribution in [1.29, 1.82) is 0 Å². The van der Waals surface area contributed by atoms with Gasteiger partial charge in [-0.25, -0.2) is 12.7 Å². The maximum absolute atomic E-state index is 13.2. The Morgan fingerprint density at radius 2 is 1.89 bits per heavy atom. The summed E-state index contributed by atoms with van der Waals surface area (Å²) >= 11 is 0. The van der Waals surface area contributed by atoms with Gasteiger partial charge in [-0.3, -0.25) is 9.69 Å². The molecule has 2 aliphatic rings. The summed E-state index contributed by atoms with van der Waals surface area (Å²) in [5.74, 6) is 0.00731. The number of benzene rings is 2. The van der Waals surface area contributed by atoms with Gasteiger partial charge in [0.1, 0.15) is 10.6 Å². The summed E-state index contributed by atoms with van der Waals surface area (Å²) in [6.07, 6.45) is 1.19. The summed E-state index contributed by atoms with van der Waals surface area (Å²) in [6, 6.07) is 14.7. The highest BCUT2D eigenvalue weighted by atomic mass is 32.2. The summed E-state index contributed by atoms with van der Waals surface area (Å²) < 4.78 is 33.5. The van der Waals surface area contributed by atoms with Crippen molar-refractivity contribution in [2.75, 3.05) is 60.0 Å². The van der Waals surface area contributed by atoms with Gasteiger partial charge in [-0.1, -0.05) is 36.4 Å². The third-order valence-corrected chi connectivity index (χ3v) is 8.98. The number of hydrogen-bond acceptors (Lipinski definition) is 7. The molecule has 9 nitrogen and oxygen atoms in total. The van der Waals surface area contributed by atoms with Gasteiger partial charge >= 0.3 is 0 Å². The first kappa shape index (κ1) is 27.5. The molecule has 4 rings (SSSR count). The quantitative estimate of drug-likeness (QED) is 0.450. The molecule has 202 valence electrons. The summed E-state index contributed by atoms with van der Waals surface area (Å²) in [5, 5.41) is 13.1. The normalized spacial score (nSPS) is 19.5. The fourth-order valence-corrected chi connectivity index (χ4v) is 6.46. The highest BCUT2D eigenvalue weighted by molar-refractivity contribution is 7.89. The summed E-state index contributed by atoms with van der Waals surface area (Å²) in [7, 11) is -0.154. The second-order valence-electron chi connectivity index (χ2n) is 10.1. The molecule has 0 aromatic heterocycles. The molecule has 1 saturated heterocycles. The number of para-hydroxylation sites is 1. The van der Waals surface area contributed by atoms with Crippen molar-refractivity contribution in [3.8, 4) is 5.75 Å². The molecule has 2 N–H and O–H groups in total. The molecule has 0 bridgehead atoms. The number of aliphatic hydroxyl groups excluding tert-OH is 1. The van der Waals surface area contributed by atoms with Gasteiger partial charge in [0.05, 0.1) is 6.10 Å². The number of amides is 1. The number of carbonyl (C=O) groups excluding carboxylic acids is 1. The number of hydrogen-bond donors (Lipinski definition) is 2. The van der Waals surface area contributed by atoms with Gasteiger partial charge in [-0.05, 0) is 55.6 Å². The SMILES string of the molecule is CN1CC[C@H](CN(C)S(=O)(=O)c2ccccc2OCC(=O)NC[C@@H](O)CN2CCc3ccccc3C2)C1. The Labute approximate surface area is 220 Å². The van der Waals surface area contributed by atoms with E-state index in [9.17, 15) is 18.3 Å². The second kappa shape index (κ2) is 12.4. The number of β-amino-alcohol motifs (C(OH)–C–C–N with tert-alkyl or cyclic N) is 1. The summed E-state index contributed by atoms with van der Waals surface area (Å²) in [4.78, 5) is 16.8. The maximum atomic E-state index is 13.2. The zero-order valence-electron chi connectivity index (χ0n) is 21.7. The van der Waals surface area contributed by atoms with Crippen molar-refractivity contribution in [1.82, 2.24) is 19.4 Å². The van der Waals surface area contributed by atoms with Crippen LogP contribution in [0.5, 0.6) is 5.75 Å². The predicted molar refractivity (Wildman–Crippen MR) is 142 cm³/mol. The number of rotatable bonds is 11. The lowest BCUT2D eigenvalue weighted by Crippen LogP contribution is -2.43. The molecular formula is C27H38N4O5S. The van der Waals surface area contributed by atoms with E-state index < -0.39 is 22.0 Å². The number of nitrogens with one attached hydrogen (secondary N) is 1. The molecular weight excluding hydrogens is 492 g/mol. The van der Waals surface area contributed by atoms with E-state index >= 15 is 0 Å². The molecule has 0 radical (unpaired) electrons. The lowest BCUT2D eigenvalue weighted by atomic mass is 10.00. The lowest BCUT2D eigenvalue weighted by Gasteiger charge is -2.30. The molecule has 2 atom stereocenters. The number of likely N-dealkylation sites (tertiary alicyclic amines) is 1. The van der Waals surface area contributed by atoms with E-state index in [1.54, 1.807) is 25.2 Å². The van der Waals surface area contributed by atoms with Crippen LogP contribution in [0.2, 0.25) is 0 Å². The van der Waals surface area contributed by atoms with Crippen LogP contribution in [0.3, 0.4) is 0 Å². The van der Waals surface area contributed by atoms with Crippen LogP contribution in [0.25, 0.3) is 0 Å². The summed E-state index contributed by atoms with van der Waals surface area (Å²) in [5.41, 5.74) is 2.62. The van der Waals surface area contributed by atoms with Gasteiger partial charge in [-0.2, -0.15) is 0 Å². The maximum Gasteiger partial charge on any atom is 0.258 e. The van der Waals surface area contributed by atoms with E-state index in [1.165, 1.54) is 21.5 Å². The minimum atomic E-state index is -3.77. The molecule has 10 heteroatoms. The Bertz CT molecular complexity index is 1170. The molecule has 2 heterocycles. The standard InChI is InChI=1S/C27H38N4O5S/c1-29-13-11-21(16-29)17-30(2)37(34,35)26-10-6-5-9-25(26)36-20-27(33)28-15-24(32)19-31-14-12-22-7-3-4-8-23(22)18-31/h3-10,21,24,32H,11-20H2,1-2H3,(H,28,33)/t21-,24+/m0/s1. The largest absolute Gasteiger partial charge is 0.482 e. The van der Waals surface area contributed by atoms with E-state index in [0.29, 0.717) is 13.1 Å². The van der Waals surface area contributed by atoms with Crippen LogP contribution >= 0.6 is 0 Å². The van der Waals surface area contributed by atoms with E-state index in [2.05, 4.69) is 27.2 Å². The number of aliphatic hydroxyl groups is 1. The van der Waals surface area contributed by atoms with Crippen molar-refractivity contribution >= 4 is 15.9 Å². The lowest BCUT2D eigenvalue weighted by molar-refractivity contribution is -0.123. The van der Waals surface area contributed by atoms with Gasteiger partial charge in [0.15, 0.2) is 6.61 Å². The van der Waals surface area contributed by atoms with Gasteiger partial charge in [0, 0.05) is 46.3 Å². The molecule has 37 heavy (non-hydrogen) atoms. The topological polar surface area (TPSA) is 102 Å². The third kappa shape index (κ3) is 7.30. The number of fused-ring (bicyclic) bond motifs is 1. The van der Waals surface area contributed by atoms with Crippen LogP contribution in [0.4, 0.5) is 0 Å². The van der Waals surface area contributed by atoms with Crippen LogP contribution in [-0.2, 0) is 27.8 Å². The monoisotopic (exact) mass is 530 g/mol. The van der Waals surface area contributed by atoms with E-state index in [1.807, 2.05) is 19.2 Å².